The molecule has 0 bridgehead atoms. The van der Waals surface area contributed by atoms with E-state index in [1.54, 1.807) is 23.5 Å². The summed E-state index contributed by atoms with van der Waals surface area (Å²) in [5.41, 5.74) is 0.837. The fourth-order valence-electron chi connectivity index (χ4n) is 2.83. The van der Waals surface area contributed by atoms with Crippen LogP contribution in [0, 0.1) is 5.82 Å². The van der Waals surface area contributed by atoms with E-state index in [0.29, 0.717) is 5.92 Å². The van der Waals surface area contributed by atoms with Crippen LogP contribution in [-0.2, 0) is 0 Å². The minimum absolute atomic E-state index is 0.0863. The Kier molecular flexibility index (Phi) is 4.01. The first-order valence-electron chi connectivity index (χ1n) is 6.46. The highest BCUT2D eigenvalue weighted by Crippen LogP contribution is 2.41. The number of rotatable bonds is 2. The largest absolute Gasteiger partial charge is 0.316 e. The fourth-order valence-corrected chi connectivity index (χ4v) is 4.45. The summed E-state index contributed by atoms with van der Waals surface area (Å²) in [6, 6.07) is 11.4. The van der Waals surface area contributed by atoms with E-state index in [0.717, 1.165) is 28.9 Å². The SMILES string of the molecule is Fc1ccccc1C1CNCCC1c1ccc(Br)s1. The maximum atomic E-state index is 14.0. The normalized spacial score (nSPS) is 23.5. The van der Waals surface area contributed by atoms with E-state index >= 15 is 0 Å². The lowest BCUT2D eigenvalue weighted by Gasteiger charge is -2.32. The standard InChI is InChI=1S/C15H15BrFNS/c16-15-6-5-14(19-15)11-7-8-18-9-12(11)10-3-1-2-4-13(10)17/h1-6,11-12,18H,7-9H2. The number of benzene rings is 1. The molecule has 0 aliphatic carbocycles. The summed E-state index contributed by atoms with van der Waals surface area (Å²) in [7, 11) is 0. The number of piperidine rings is 1. The van der Waals surface area contributed by atoms with Gasteiger partial charge in [0.1, 0.15) is 5.82 Å². The summed E-state index contributed by atoms with van der Waals surface area (Å²) in [4.78, 5) is 1.35. The van der Waals surface area contributed by atoms with Gasteiger partial charge in [0.25, 0.3) is 0 Å². The fraction of sp³-hybridized carbons (Fsp3) is 0.333. The molecule has 0 radical (unpaired) electrons. The Hall–Kier alpha value is -0.710. The van der Waals surface area contributed by atoms with Crippen molar-refractivity contribution in [2.75, 3.05) is 13.1 Å². The lowest BCUT2D eigenvalue weighted by molar-refractivity contribution is 0.397. The van der Waals surface area contributed by atoms with Crippen LogP contribution < -0.4 is 5.32 Å². The molecule has 3 rings (SSSR count). The van der Waals surface area contributed by atoms with E-state index in [-0.39, 0.29) is 11.7 Å². The number of halogens is 2. The number of thiophene rings is 1. The summed E-state index contributed by atoms with van der Waals surface area (Å²) >= 11 is 5.28. The number of hydrogen-bond donors (Lipinski definition) is 1. The third kappa shape index (κ3) is 2.76. The average Bonchev–Trinajstić information content (AvgIpc) is 2.86. The van der Waals surface area contributed by atoms with Crippen molar-refractivity contribution in [3.05, 3.63) is 56.4 Å². The summed E-state index contributed by atoms with van der Waals surface area (Å²) in [6.45, 7) is 1.85. The Bertz CT molecular complexity index is 569. The van der Waals surface area contributed by atoms with Crippen molar-refractivity contribution < 1.29 is 4.39 Å². The van der Waals surface area contributed by atoms with Gasteiger partial charge in [0, 0.05) is 23.3 Å². The van der Waals surface area contributed by atoms with Crippen LogP contribution in [0.15, 0.2) is 40.2 Å². The second-order valence-electron chi connectivity index (χ2n) is 4.87. The lowest BCUT2D eigenvalue weighted by Crippen LogP contribution is -2.34. The third-order valence-electron chi connectivity index (χ3n) is 3.75. The van der Waals surface area contributed by atoms with Gasteiger partial charge in [-0.25, -0.2) is 4.39 Å². The average molecular weight is 340 g/mol. The van der Waals surface area contributed by atoms with Crippen molar-refractivity contribution in [2.45, 2.75) is 18.3 Å². The van der Waals surface area contributed by atoms with Crippen LogP contribution in [0.2, 0.25) is 0 Å². The van der Waals surface area contributed by atoms with Crippen LogP contribution in [0.4, 0.5) is 4.39 Å². The van der Waals surface area contributed by atoms with E-state index in [2.05, 4.69) is 33.4 Å². The maximum absolute atomic E-state index is 14.0. The van der Waals surface area contributed by atoms with Gasteiger partial charge in [-0.2, -0.15) is 0 Å². The Morgan fingerprint density at radius 2 is 2.00 bits per heavy atom. The molecule has 2 aromatic rings. The Morgan fingerprint density at radius 3 is 2.74 bits per heavy atom. The Labute approximate surface area is 125 Å². The van der Waals surface area contributed by atoms with Crippen molar-refractivity contribution >= 4 is 27.3 Å². The van der Waals surface area contributed by atoms with Gasteiger partial charge in [-0.3, -0.25) is 0 Å². The van der Waals surface area contributed by atoms with Crippen molar-refractivity contribution in [3.8, 4) is 0 Å². The van der Waals surface area contributed by atoms with Crippen LogP contribution in [0.25, 0.3) is 0 Å². The topological polar surface area (TPSA) is 12.0 Å². The minimum atomic E-state index is -0.0863. The molecule has 2 heterocycles. The second kappa shape index (κ2) is 5.73. The van der Waals surface area contributed by atoms with Crippen LogP contribution in [-0.4, -0.2) is 13.1 Å². The zero-order chi connectivity index (χ0) is 13.2. The molecule has 1 aromatic carbocycles. The molecule has 1 nitrogen and oxygen atoms in total. The predicted molar refractivity (Wildman–Crippen MR) is 81.4 cm³/mol. The van der Waals surface area contributed by atoms with E-state index in [4.69, 9.17) is 0 Å². The molecule has 0 saturated carbocycles. The van der Waals surface area contributed by atoms with Gasteiger partial charge in [-0.1, -0.05) is 18.2 Å². The van der Waals surface area contributed by atoms with Gasteiger partial charge in [0.2, 0.25) is 0 Å². The summed E-state index contributed by atoms with van der Waals surface area (Å²) < 4.78 is 15.2. The highest BCUT2D eigenvalue weighted by atomic mass is 79.9. The summed E-state index contributed by atoms with van der Waals surface area (Å²) in [6.07, 6.45) is 1.06. The molecule has 0 spiro atoms. The minimum Gasteiger partial charge on any atom is -0.316 e. The molecule has 0 amide bonds. The van der Waals surface area contributed by atoms with Crippen molar-refractivity contribution in [1.82, 2.24) is 5.32 Å². The maximum Gasteiger partial charge on any atom is 0.126 e. The Balaban J connectivity index is 1.96. The highest BCUT2D eigenvalue weighted by molar-refractivity contribution is 9.11. The quantitative estimate of drug-likeness (QED) is 0.848. The molecular formula is C15H15BrFNS. The van der Waals surface area contributed by atoms with E-state index in [1.165, 1.54) is 4.88 Å². The van der Waals surface area contributed by atoms with Crippen molar-refractivity contribution in [2.24, 2.45) is 0 Å². The molecular weight excluding hydrogens is 325 g/mol. The monoisotopic (exact) mass is 339 g/mol. The first-order valence-corrected chi connectivity index (χ1v) is 8.07. The first-order chi connectivity index (χ1) is 9.25. The molecule has 19 heavy (non-hydrogen) atoms. The zero-order valence-corrected chi connectivity index (χ0v) is 12.8. The van der Waals surface area contributed by atoms with Crippen molar-refractivity contribution in [3.63, 3.8) is 0 Å². The highest BCUT2D eigenvalue weighted by Gasteiger charge is 2.30. The van der Waals surface area contributed by atoms with Gasteiger partial charge < -0.3 is 5.32 Å². The van der Waals surface area contributed by atoms with Gasteiger partial charge >= 0.3 is 0 Å². The van der Waals surface area contributed by atoms with Gasteiger partial charge in [-0.05, 0) is 52.7 Å². The lowest BCUT2D eigenvalue weighted by atomic mass is 9.80. The van der Waals surface area contributed by atoms with E-state index < -0.39 is 0 Å². The van der Waals surface area contributed by atoms with Gasteiger partial charge in [-0.15, -0.1) is 11.3 Å². The van der Waals surface area contributed by atoms with E-state index in [9.17, 15) is 4.39 Å². The smallest absolute Gasteiger partial charge is 0.126 e. The molecule has 1 aromatic heterocycles. The molecule has 4 heteroatoms. The Morgan fingerprint density at radius 1 is 1.16 bits per heavy atom. The molecule has 1 N–H and O–H groups in total. The first kappa shape index (κ1) is 13.3. The van der Waals surface area contributed by atoms with Crippen LogP contribution in [0.1, 0.15) is 28.7 Å². The van der Waals surface area contributed by atoms with E-state index in [1.807, 2.05) is 12.1 Å². The van der Waals surface area contributed by atoms with Crippen LogP contribution >= 0.6 is 27.3 Å². The second-order valence-corrected chi connectivity index (χ2v) is 7.36. The van der Waals surface area contributed by atoms with Gasteiger partial charge in [0.05, 0.1) is 3.79 Å². The number of hydrogen-bond acceptors (Lipinski definition) is 2. The zero-order valence-electron chi connectivity index (χ0n) is 10.4. The summed E-state index contributed by atoms with van der Waals surface area (Å²) in [5.74, 6) is 0.548. The molecule has 1 saturated heterocycles. The van der Waals surface area contributed by atoms with Crippen LogP contribution in [0.3, 0.4) is 0 Å². The molecule has 1 aliphatic rings. The number of nitrogens with one attached hydrogen (secondary N) is 1. The van der Waals surface area contributed by atoms with Crippen molar-refractivity contribution in [1.29, 1.82) is 0 Å². The third-order valence-corrected chi connectivity index (χ3v) is 5.50. The molecule has 1 aliphatic heterocycles. The molecule has 2 unspecified atom stereocenters. The van der Waals surface area contributed by atoms with Crippen LogP contribution in [0.5, 0.6) is 0 Å². The molecule has 2 atom stereocenters. The molecule has 1 fully saturated rings. The molecule has 100 valence electrons. The predicted octanol–water partition coefficient (Wildman–Crippen LogP) is 4.51. The van der Waals surface area contributed by atoms with Gasteiger partial charge in [0.15, 0.2) is 0 Å². The summed E-state index contributed by atoms with van der Waals surface area (Å²) in [5, 5.41) is 3.39.